The summed E-state index contributed by atoms with van der Waals surface area (Å²) in [6.45, 7) is 2.73. The Labute approximate surface area is 238 Å². The molecule has 2 unspecified atom stereocenters. The van der Waals surface area contributed by atoms with Gasteiger partial charge in [-0.3, -0.25) is 4.90 Å². The van der Waals surface area contributed by atoms with Gasteiger partial charge in [0.05, 0.1) is 30.0 Å². The number of hydrogen-bond acceptors (Lipinski definition) is 5. The van der Waals surface area contributed by atoms with Crippen LogP contribution in [-0.2, 0) is 6.42 Å². The number of rotatable bonds is 6. The molecule has 3 aromatic rings. The van der Waals surface area contributed by atoms with Crippen LogP contribution in [0.15, 0.2) is 48.5 Å². The molecule has 0 saturated carbocycles. The molecule has 9 heteroatoms. The molecule has 0 radical (unpaired) electrons. The van der Waals surface area contributed by atoms with Crippen LogP contribution in [0.4, 0.5) is 4.79 Å². The molecular weight excluding hydrogens is 535 g/mol. The van der Waals surface area contributed by atoms with Gasteiger partial charge < -0.3 is 20.1 Å². The SMILES string of the molecule is COc1nc(-c2cccc(-c3ccccc3Cl)c2Cl)cc2c1C(N1CCC3(CCN(CCO)C(=O)N3)C1)CC2. The zero-order chi connectivity index (χ0) is 27.1. The summed E-state index contributed by atoms with van der Waals surface area (Å²) in [6, 6.07) is 15.9. The summed E-state index contributed by atoms with van der Waals surface area (Å²) in [4.78, 5) is 21.8. The largest absolute Gasteiger partial charge is 0.481 e. The molecule has 39 heavy (non-hydrogen) atoms. The van der Waals surface area contributed by atoms with Crippen LogP contribution in [0.1, 0.15) is 36.4 Å². The lowest BCUT2D eigenvalue weighted by molar-refractivity contribution is 0.127. The van der Waals surface area contributed by atoms with E-state index in [1.807, 2.05) is 42.5 Å². The van der Waals surface area contributed by atoms with Crippen molar-refractivity contribution in [2.45, 2.75) is 37.3 Å². The van der Waals surface area contributed by atoms with Gasteiger partial charge in [-0.1, -0.05) is 59.6 Å². The average molecular weight is 568 g/mol. The first kappa shape index (κ1) is 26.4. The number of benzene rings is 2. The minimum absolute atomic E-state index is 0.0182. The Morgan fingerprint density at radius 3 is 2.64 bits per heavy atom. The van der Waals surface area contributed by atoms with Gasteiger partial charge in [-0.25, -0.2) is 9.78 Å². The first-order chi connectivity index (χ1) is 18.9. The maximum atomic E-state index is 12.6. The number of amides is 2. The van der Waals surface area contributed by atoms with E-state index in [2.05, 4.69) is 16.3 Å². The standard InChI is InChI=1S/C30H32Cl2N4O3/c1-39-28-26-19(9-10-25(26)36-14-12-30(18-36)11-13-35(15-16-37)29(38)34-30)17-24(33-28)22-7-4-6-21(27(22)32)20-5-2-3-8-23(20)31/h2-8,17,25,37H,9-16,18H2,1H3,(H,34,38). The number of ether oxygens (including phenoxy) is 1. The average Bonchev–Trinajstić information content (AvgIpc) is 3.55. The molecule has 2 atom stereocenters. The fraction of sp³-hybridized carbons (Fsp3) is 0.400. The Balaban J connectivity index is 1.28. The first-order valence-electron chi connectivity index (χ1n) is 13.5. The van der Waals surface area contributed by atoms with Gasteiger partial charge in [0.15, 0.2) is 0 Å². The zero-order valence-electron chi connectivity index (χ0n) is 21.9. The van der Waals surface area contributed by atoms with Gasteiger partial charge in [0.2, 0.25) is 5.88 Å². The van der Waals surface area contributed by atoms with Gasteiger partial charge in [-0.05, 0) is 43.4 Å². The highest BCUT2D eigenvalue weighted by molar-refractivity contribution is 6.38. The topological polar surface area (TPSA) is 77.9 Å². The molecule has 2 saturated heterocycles. The number of nitrogens with one attached hydrogen (secondary N) is 1. The van der Waals surface area contributed by atoms with E-state index in [0.29, 0.717) is 29.0 Å². The van der Waals surface area contributed by atoms with Crippen LogP contribution in [0.3, 0.4) is 0 Å². The van der Waals surface area contributed by atoms with Crippen molar-refractivity contribution in [1.29, 1.82) is 0 Å². The third-order valence-electron chi connectivity index (χ3n) is 8.48. The Bertz CT molecular complexity index is 1420. The summed E-state index contributed by atoms with van der Waals surface area (Å²) in [7, 11) is 1.67. The zero-order valence-corrected chi connectivity index (χ0v) is 23.4. The van der Waals surface area contributed by atoms with Crippen LogP contribution < -0.4 is 10.1 Å². The molecule has 2 fully saturated rings. The van der Waals surface area contributed by atoms with Crippen LogP contribution in [0.2, 0.25) is 10.0 Å². The maximum absolute atomic E-state index is 12.6. The highest BCUT2D eigenvalue weighted by Gasteiger charge is 2.46. The molecule has 3 aliphatic rings. The van der Waals surface area contributed by atoms with E-state index in [4.69, 9.17) is 32.9 Å². The van der Waals surface area contributed by atoms with Crippen LogP contribution in [0.25, 0.3) is 22.4 Å². The predicted molar refractivity (Wildman–Crippen MR) is 153 cm³/mol. The summed E-state index contributed by atoms with van der Waals surface area (Å²) in [5.41, 5.74) is 5.52. The number of urea groups is 1. The number of likely N-dealkylation sites (tertiary alicyclic amines) is 1. The molecule has 0 bridgehead atoms. The monoisotopic (exact) mass is 566 g/mol. The Morgan fingerprint density at radius 2 is 1.87 bits per heavy atom. The smallest absolute Gasteiger partial charge is 0.317 e. The number of carbonyl (C=O) groups is 1. The van der Waals surface area contributed by atoms with Gasteiger partial charge >= 0.3 is 6.03 Å². The van der Waals surface area contributed by atoms with E-state index in [9.17, 15) is 9.90 Å². The van der Waals surface area contributed by atoms with Crippen molar-refractivity contribution in [3.05, 3.63) is 69.7 Å². The minimum atomic E-state index is -0.223. The lowest BCUT2D eigenvalue weighted by atomic mass is 9.92. The number of halogens is 2. The molecule has 1 aromatic heterocycles. The summed E-state index contributed by atoms with van der Waals surface area (Å²) in [5.74, 6) is 0.631. The lowest BCUT2D eigenvalue weighted by Crippen LogP contribution is -2.61. The Hall–Kier alpha value is -2.84. The number of aromatic nitrogens is 1. The number of methoxy groups -OCH3 is 1. The Morgan fingerprint density at radius 1 is 1.10 bits per heavy atom. The number of carbonyl (C=O) groups excluding carboxylic acids is 1. The summed E-state index contributed by atoms with van der Waals surface area (Å²) in [6.07, 6.45) is 3.69. The summed E-state index contributed by atoms with van der Waals surface area (Å²) < 4.78 is 5.88. The number of nitrogens with zero attached hydrogens (tertiary/aromatic N) is 3. The van der Waals surface area contributed by atoms with Crippen molar-refractivity contribution in [3.63, 3.8) is 0 Å². The predicted octanol–water partition coefficient (Wildman–Crippen LogP) is 5.57. The number of aryl methyl sites for hydroxylation is 1. The van der Waals surface area contributed by atoms with Crippen molar-refractivity contribution in [2.75, 3.05) is 39.9 Å². The number of aliphatic hydroxyl groups is 1. The first-order valence-corrected chi connectivity index (χ1v) is 14.2. The molecule has 2 aromatic carbocycles. The number of β-amino-alcohol motifs (C(OH)–C–C–N with tert-alkyl or cyclic N) is 1. The van der Waals surface area contributed by atoms with Gasteiger partial charge in [0.1, 0.15) is 0 Å². The van der Waals surface area contributed by atoms with Crippen molar-refractivity contribution in [2.24, 2.45) is 0 Å². The fourth-order valence-corrected chi connectivity index (χ4v) is 7.05. The molecule has 2 amide bonds. The number of hydrogen-bond donors (Lipinski definition) is 2. The molecular formula is C30H32Cl2N4O3. The van der Waals surface area contributed by atoms with Gasteiger partial charge in [0, 0.05) is 59.5 Å². The lowest BCUT2D eigenvalue weighted by Gasteiger charge is -2.40. The quantitative estimate of drug-likeness (QED) is 0.407. The van der Waals surface area contributed by atoms with Crippen LogP contribution in [0, 0.1) is 0 Å². The summed E-state index contributed by atoms with van der Waals surface area (Å²) in [5, 5.41) is 13.8. The van der Waals surface area contributed by atoms with Crippen molar-refractivity contribution in [3.8, 4) is 28.3 Å². The highest BCUT2D eigenvalue weighted by atomic mass is 35.5. The van der Waals surface area contributed by atoms with Crippen molar-refractivity contribution in [1.82, 2.24) is 20.1 Å². The van der Waals surface area contributed by atoms with Crippen molar-refractivity contribution >= 4 is 29.2 Å². The molecule has 204 valence electrons. The fourth-order valence-electron chi connectivity index (χ4n) is 6.49. The van der Waals surface area contributed by atoms with Gasteiger partial charge in [-0.2, -0.15) is 0 Å². The number of aliphatic hydroxyl groups excluding tert-OH is 1. The molecule has 2 aliphatic heterocycles. The molecule has 3 heterocycles. The second-order valence-electron chi connectivity index (χ2n) is 10.7. The highest BCUT2D eigenvalue weighted by Crippen LogP contribution is 2.46. The maximum Gasteiger partial charge on any atom is 0.317 e. The number of fused-ring (bicyclic) bond motifs is 1. The second-order valence-corrected chi connectivity index (χ2v) is 11.5. The van der Waals surface area contributed by atoms with E-state index < -0.39 is 0 Å². The summed E-state index contributed by atoms with van der Waals surface area (Å²) >= 11 is 13.4. The van der Waals surface area contributed by atoms with E-state index in [1.165, 1.54) is 5.56 Å². The third-order valence-corrected chi connectivity index (χ3v) is 9.21. The van der Waals surface area contributed by atoms with Crippen LogP contribution >= 0.6 is 23.2 Å². The third kappa shape index (κ3) is 4.76. The van der Waals surface area contributed by atoms with E-state index >= 15 is 0 Å². The Kier molecular flexibility index (Phi) is 7.18. The van der Waals surface area contributed by atoms with Crippen molar-refractivity contribution < 1.29 is 14.6 Å². The van der Waals surface area contributed by atoms with Gasteiger partial charge in [0.25, 0.3) is 0 Å². The molecule has 2 N–H and O–H groups in total. The second kappa shape index (κ2) is 10.6. The van der Waals surface area contributed by atoms with Gasteiger partial charge in [-0.15, -0.1) is 0 Å². The molecule has 1 spiro atoms. The van der Waals surface area contributed by atoms with E-state index in [1.54, 1.807) is 12.0 Å². The number of pyridine rings is 1. The normalized spacial score (nSPS) is 22.8. The van der Waals surface area contributed by atoms with E-state index in [-0.39, 0.29) is 24.2 Å². The van der Waals surface area contributed by atoms with E-state index in [0.717, 1.165) is 66.7 Å². The van der Waals surface area contributed by atoms with Crippen LogP contribution in [-0.4, -0.2) is 71.4 Å². The van der Waals surface area contributed by atoms with Crippen LogP contribution in [0.5, 0.6) is 5.88 Å². The molecule has 1 aliphatic carbocycles. The minimum Gasteiger partial charge on any atom is -0.481 e. The molecule has 7 nitrogen and oxygen atoms in total. The molecule has 6 rings (SSSR count).